The molecule has 4 rings (SSSR count). The van der Waals surface area contributed by atoms with Crippen LogP contribution in [0.5, 0.6) is 0 Å². The van der Waals surface area contributed by atoms with Crippen LogP contribution < -0.4 is 5.32 Å². The van der Waals surface area contributed by atoms with Gasteiger partial charge in [0, 0.05) is 18.0 Å². The van der Waals surface area contributed by atoms with Gasteiger partial charge in [0.05, 0.1) is 16.3 Å². The van der Waals surface area contributed by atoms with Crippen molar-refractivity contribution in [2.45, 2.75) is 0 Å². The van der Waals surface area contributed by atoms with Gasteiger partial charge in [-0.1, -0.05) is 77.4 Å². The Hall–Kier alpha value is -2.72. The van der Waals surface area contributed by atoms with Gasteiger partial charge in [-0.2, -0.15) is 10.4 Å². The van der Waals surface area contributed by atoms with Crippen LogP contribution >= 0.6 is 35.0 Å². The van der Waals surface area contributed by atoms with Crippen molar-refractivity contribution in [1.82, 2.24) is 15.1 Å². The smallest absolute Gasteiger partial charge is 0.212 e. The van der Waals surface area contributed by atoms with Crippen LogP contribution in [0.2, 0.25) is 10.3 Å². The maximum absolute atomic E-state index is 12.9. The summed E-state index contributed by atoms with van der Waals surface area (Å²) in [7, 11) is 1.58. The van der Waals surface area contributed by atoms with Crippen molar-refractivity contribution in [2.75, 3.05) is 0 Å². The van der Waals surface area contributed by atoms with Crippen LogP contribution in [0.15, 0.2) is 58.5 Å². The molecule has 0 atom stereocenters. The van der Waals surface area contributed by atoms with E-state index >= 15 is 0 Å². The molecule has 138 valence electrons. The van der Waals surface area contributed by atoms with Crippen molar-refractivity contribution in [3.05, 3.63) is 79.9 Å². The molecule has 1 N–H and O–H groups in total. The third-order valence-electron chi connectivity index (χ3n) is 4.35. The van der Waals surface area contributed by atoms with Crippen molar-refractivity contribution in [3.8, 4) is 6.07 Å². The van der Waals surface area contributed by atoms with Crippen molar-refractivity contribution in [3.63, 3.8) is 0 Å². The van der Waals surface area contributed by atoms with Crippen LogP contribution in [0, 0.1) is 11.3 Å². The summed E-state index contributed by atoms with van der Waals surface area (Å²) in [5, 5.41) is 21.3. The van der Waals surface area contributed by atoms with Gasteiger partial charge in [0.1, 0.15) is 16.8 Å². The molecule has 28 heavy (non-hydrogen) atoms. The molecule has 1 aromatic heterocycles. The monoisotopic (exact) mass is 426 g/mol. The molecule has 0 fully saturated rings. The van der Waals surface area contributed by atoms with E-state index in [1.54, 1.807) is 7.05 Å². The molecule has 0 saturated heterocycles. The number of nitrogens with one attached hydrogen (secondary N) is 1. The largest absolute Gasteiger partial charge is 0.348 e. The normalized spacial score (nSPS) is 15.1. The molecule has 0 unspecified atom stereocenters. The molecule has 1 aliphatic rings. The highest BCUT2D eigenvalue weighted by molar-refractivity contribution is 8.06. The van der Waals surface area contributed by atoms with E-state index in [0.717, 1.165) is 22.0 Å². The van der Waals surface area contributed by atoms with Gasteiger partial charge in [-0.3, -0.25) is 9.48 Å². The lowest BCUT2D eigenvalue weighted by Crippen LogP contribution is -2.12. The van der Waals surface area contributed by atoms with Crippen LogP contribution in [-0.4, -0.2) is 15.6 Å². The van der Waals surface area contributed by atoms with Gasteiger partial charge in [-0.25, -0.2) is 0 Å². The van der Waals surface area contributed by atoms with Crippen LogP contribution in [0.3, 0.4) is 0 Å². The van der Waals surface area contributed by atoms with Crippen molar-refractivity contribution >= 4 is 57.2 Å². The average Bonchev–Trinajstić information content (AvgIpc) is 3.26. The number of allylic oxidation sites excluding steroid dienone is 1. The number of hydrogen-bond acceptors (Lipinski definition) is 5. The highest BCUT2D eigenvalue weighted by atomic mass is 35.5. The maximum Gasteiger partial charge on any atom is 0.212 e. The lowest BCUT2D eigenvalue weighted by atomic mass is 10.0. The molecule has 0 amide bonds. The number of ketones is 1. The Balaban J connectivity index is 1.72. The van der Waals surface area contributed by atoms with E-state index in [9.17, 15) is 10.1 Å². The quantitative estimate of drug-likeness (QED) is 0.356. The second kappa shape index (κ2) is 7.36. The molecule has 0 bridgehead atoms. The first-order valence-electron chi connectivity index (χ1n) is 8.20. The molecule has 2 heterocycles. The van der Waals surface area contributed by atoms with E-state index in [1.807, 2.05) is 53.9 Å². The molecule has 3 aromatic rings. The highest BCUT2D eigenvalue weighted by Gasteiger charge is 2.28. The number of aryl methyl sites for hydroxylation is 1. The summed E-state index contributed by atoms with van der Waals surface area (Å²) in [6.45, 7) is 0. The van der Waals surface area contributed by atoms with Crippen molar-refractivity contribution < 1.29 is 4.79 Å². The summed E-state index contributed by atoms with van der Waals surface area (Å²) in [5.74, 6) is -0.562. The molecular formula is C20H12Cl2N4OS. The summed E-state index contributed by atoms with van der Waals surface area (Å²) in [6, 6.07) is 16.0. The predicted octanol–water partition coefficient (Wildman–Crippen LogP) is 5.13. The number of carbonyl (C=O) groups excluding carboxylic acids is 1. The summed E-state index contributed by atoms with van der Waals surface area (Å²) in [4.78, 5) is 12.9. The molecule has 0 spiro atoms. The first kappa shape index (κ1) is 18.6. The van der Waals surface area contributed by atoms with Crippen molar-refractivity contribution in [1.29, 1.82) is 5.26 Å². The first-order valence-corrected chi connectivity index (χ1v) is 9.84. The number of hydrogen-bond donors (Lipinski definition) is 1. The number of fused-ring (bicyclic) bond motifs is 1. The molecule has 5 nitrogen and oxygen atoms in total. The van der Waals surface area contributed by atoms with Crippen LogP contribution in [-0.2, 0) is 7.05 Å². The summed E-state index contributed by atoms with van der Waals surface area (Å²) >= 11 is 13.4. The lowest BCUT2D eigenvalue weighted by molar-refractivity contribution is 0.103. The molecule has 1 aliphatic heterocycles. The lowest BCUT2D eigenvalue weighted by Gasteiger charge is -2.10. The summed E-state index contributed by atoms with van der Waals surface area (Å²) in [6.07, 6.45) is 0. The SMILES string of the molecule is Cn1nc(Cl)c(C(=O)C(C#N)=C2NC(c3cccc4ccccc34)=CS2)c1Cl. The van der Waals surface area contributed by atoms with E-state index in [1.165, 1.54) is 16.4 Å². The second-order valence-corrected chi connectivity index (χ2v) is 7.62. The van der Waals surface area contributed by atoms with Gasteiger partial charge in [0.2, 0.25) is 5.78 Å². The predicted molar refractivity (Wildman–Crippen MR) is 113 cm³/mol. The van der Waals surface area contributed by atoms with Crippen molar-refractivity contribution in [2.24, 2.45) is 7.05 Å². The Kier molecular flexibility index (Phi) is 4.90. The Morgan fingerprint density at radius 2 is 1.96 bits per heavy atom. The summed E-state index contributed by atoms with van der Waals surface area (Å²) < 4.78 is 1.30. The second-order valence-electron chi connectivity index (χ2n) is 6.03. The number of nitrogens with zero attached hydrogens (tertiary/aromatic N) is 3. The molecular weight excluding hydrogens is 415 g/mol. The summed E-state index contributed by atoms with van der Waals surface area (Å²) in [5.41, 5.74) is 1.77. The number of nitriles is 1. The zero-order chi connectivity index (χ0) is 19.8. The van der Waals surface area contributed by atoms with E-state index in [2.05, 4.69) is 10.4 Å². The Morgan fingerprint density at radius 3 is 2.68 bits per heavy atom. The van der Waals surface area contributed by atoms with Gasteiger partial charge in [-0.15, -0.1) is 0 Å². The number of Topliss-reactive ketones (excluding diaryl/α,β-unsaturated/α-hetero) is 1. The van der Waals surface area contributed by atoms with Crippen LogP contribution in [0.25, 0.3) is 16.5 Å². The van der Waals surface area contributed by atoms with E-state index < -0.39 is 5.78 Å². The topological polar surface area (TPSA) is 70.7 Å². The van der Waals surface area contributed by atoms with Crippen LogP contribution in [0.4, 0.5) is 0 Å². The average molecular weight is 427 g/mol. The first-order chi connectivity index (χ1) is 13.5. The van der Waals surface area contributed by atoms with Gasteiger partial charge in [-0.05, 0) is 10.8 Å². The number of thioether (sulfide) groups is 1. The number of benzene rings is 2. The van der Waals surface area contributed by atoms with Gasteiger partial charge in [0.25, 0.3) is 0 Å². The Bertz CT molecular complexity index is 1230. The fourth-order valence-corrected chi connectivity index (χ4v) is 4.40. The van der Waals surface area contributed by atoms with E-state index in [-0.39, 0.29) is 21.4 Å². The standard InChI is InChI=1S/C20H12Cl2N4OS/c1-26-19(22)16(18(21)25-26)17(27)14(9-23)20-24-15(10-28-20)13-8-4-6-11-5-2-3-7-12(11)13/h2-8,10,24H,1H3. The Morgan fingerprint density at radius 1 is 1.21 bits per heavy atom. The molecule has 2 aromatic carbocycles. The maximum atomic E-state index is 12.9. The fraction of sp³-hybridized carbons (Fsp3) is 0.0500. The minimum absolute atomic E-state index is 0.0240. The van der Waals surface area contributed by atoms with E-state index in [4.69, 9.17) is 23.2 Å². The highest BCUT2D eigenvalue weighted by Crippen LogP contribution is 2.36. The van der Waals surface area contributed by atoms with E-state index in [0.29, 0.717) is 5.03 Å². The molecule has 0 radical (unpaired) electrons. The zero-order valence-corrected chi connectivity index (χ0v) is 16.9. The zero-order valence-electron chi connectivity index (χ0n) is 14.5. The fourth-order valence-electron chi connectivity index (χ4n) is 3.00. The minimum Gasteiger partial charge on any atom is -0.348 e. The number of aromatic nitrogens is 2. The van der Waals surface area contributed by atoms with Gasteiger partial charge in [0.15, 0.2) is 5.15 Å². The van der Waals surface area contributed by atoms with Gasteiger partial charge >= 0.3 is 0 Å². The molecule has 0 aliphatic carbocycles. The van der Waals surface area contributed by atoms with Crippen LogP contribution in [0.1, 0.15) is 15.9 Å². The number of halogens is 2. The minimum atomic E-state index is -0.562. The molecule has 8 heteroatoms. The molecule has 0 saturated carbocycles. The number of carbonyl (C=O) groups is 1. The van der Waals surface area contributed by atoms with Gasteiger partial charge < -0.3 is 5.32 Å². The Labute approximate surface area is 175 Å². The third-order valence-corrected chi connectivity index (χ3v) is 5.94. The third kappa shape index (κ3) is 3.08. The number of rotatable bonds is 3.